The maximum absolute atomic E-state index is 8.78. The van der Waals surface area contributed by atoms with Crippen LogP contribution >= 0.6 is 11.3 Å². The summed E-state index contributed by atoms with van der Waals surface area (Å²) in [6, 6.07) is 7.45. The summed E-state index contributed by atoms with van der Waals surface area (Å²) < 4.78 is 0. The second-order valence-electron chi connectivity index (χ2n) is 3.23. The Hall–Kier alpha value is -2.06. The van der Waals surface area contributed by atoms with Crippen LogP contribution in [-0.2, 0) is 6.54 Å². The molecule has 0 unspecified atom stereocenters. The monoisotopic (exact) mass is 230 g/mol. The zero-order valence-electron chi connectivity index (χ0n) is 8.47. The molecule has 0 saturated heterocycles. The highest BCUT2D eigenvalue weighted by Crippen LogP contribution is 2.13. The molecule has 0 atom stereocenters. The molecule has 2 heterocycles. The van der Waals surface area contributed by atoms with E-state index in [1.165, 1.54) is 5.56 Å². The molecule has 2 aromatic rings. The molecular weight excluding hydrogens is 220 g/mol. The molecule has 0 aliphatic rings. The summed E-state index contributed by atoms with van der Waals surface area (Å²) in [4.78, 5) is 4.10. The molecule has 0 aromatic carbocycles. The fourth-order valence-electron chi connectivity index (χ4n) is 1.24. The largest absolute Gasteiger partial charge is 0.396 e. The van der Waals surface area contributed by atoms with Crippen LogP contribution in [0.5, 0.6) is 0 Å². The van der Waals surface area contributed by atoms with E-state index in [4.69, 9.17) is 11.0 Å². The minimum atomic E-state index is 0.260. The fraction of sp³-hybridized carbons (Fsp3) is 0.0909. The summed E-state index contributed by atoms with van der Waals surface area (Å²) in [6.45, 7) is 0.700. The smallest absolute Gasteiger partial charge is 0.165 e. The highest BCUT2D eigenvalue weighted by molar-refractivity contribution is 7.07. The summed E-state index contributed by atoms with van der Waals surface area (Å²) >= 11 is 1.65. The predicted octanol–water partition coefficient (Wildman–Crippen LogP) is 2.21. The highest BCUT2D eigenvalue weighted by Gasteiger charge is 2.01. The molecule has 2 rings (SSSR count). The van der Waals surface area contributed by atoms with Gasteiger partial charge in [0.1, 0.15) is 11.9 Å². The lowest BCUT2D eigenvalue weighted by Crippen LogP contribution is -2.02. The van der Waals surface area contributed by atoms with Gasteiger partial charge >= 0.3 is 0 Å². The van der Waals surface area contributed by atoms with E-state index in [1.807, 2.05) is 17.5 Å². The Kier molecular flexibility index (Phi) is 3.03. The van der Waals surface area contributed by atoms with Crippen molar-refractivity contribution >= 4 is 22.8 Å². The second-order valence-corrected chi connectivity index (χ2v) is 4.01. The first-order chi connectivity index (χ1) is 7.79. The van der Waals surface area contributed by atoms with E-state index in [-0.39, 0.29) is 5.69 Å². The van der Waals surface area contributed by atoms with Crippen molar-refractivity contribution in [2.45, 2.75) is 6.54 Å². The van der Waals surface area contributed by atoms with E-state index in [1.54, 1.807) is 23.5 Å². The number of hydrogen-bond donors (Lipinski definition) is 2. The number of nitrogen functional groups attached to an aromatic ring is 1. The van der Waals surface area contributed by atoms with E-state index >= 15 is 0 Å². The van der Waals surface area contributed by atoms with Crippen molar-refractivity contribution in [2.24, 2.45) is 0 Å². The molecule has 0 amide bonds. The minimum Gasteiger partial charge on any atom is -0.396 e. The molecule has 0 aliphatic carbocycles. The van der Waals surface area contributed by atoms with Gasteiger partial charge < -0.3 is 11.1 Å². The van der Waals surface area contributed by atoms with Crippen molar-refractivity contribution in [2.75, 3.05) is 11.1 Å². The summed E-state index contributed by atoms with van der Waals surface area (Å²) in [6.07, 6.45) is 0. The molecule has 0 aliphatic heterocycles. The first-order valence-electron chi connectivity index (χ1n) is 4.71. The number of nitrogens with zero attached hydrogens (tertiary/aromatic N) is 2. The van der Waals surface area contributed by atoms with Crippen molar-refractivity contribution < 1.29 is 0 Å². The molecule has 4 nitrogen and oxygen atoms in total. The lowest BCUT2D eigenvalue weighted by Gasteiger charge is -2.05. The number of nitrogens with one attached hydrogen (secondary N) is 1. The third-order valence-electron chi connectivity index (χ3n) is 2.09. The van der Waals surface area contributed by atoms with Crippen LogP contribution in [0.3, 0.4) is 0 Å². The van der Waals surface area contributed by atoms with E-state index in [9.17, 15) is 0 Å². The van der Waals surface area contributed by atoms with Gasteiger partial charge in [-0.2, -0.15) is 16.6 Å². The maximum atomic E-state index is 8.78. The maximum Gasteiger partial charge on any atom is 0.165 e. The van der Waals surface area contributed by atoms with Gasteiger partial charge in [0.2, 0.25) is 0 Å². The molecular formula is C11H10N4S. The van der Waals surface area contributed by atoms with Crippen LogP contribution in [0.2, 0.25) is 0 Å². The number of pyridine rings is 1. The van der Waals surface area contributed by atoms with Gasteiger partial charge in [0, 0.05) is 6.54 Å². The van der Waals surface area contributed by atoms with Crippen LogP contribution in [0.1, 0.15) is 11.3 Å². The van der Waals surface area contributed by atoms with Gasteiger partial charge in [-0.15, -0.1) is 0 Å². The summed E-state index contributed by atoms with van der Waals surface area (Å²) in [5.74, 6) is 0.664. The molecule has 80 valence electrons. The molecule has 0 spiro atoms. The number of anilines is 2. The Bertz CT molecular complexity index is 513. The van der Waals surface area contributed by atoms with Crippen molar-refractivity contribution in [1.82, 2.24) is 4.98 Å². The molecule has 2 aromatic heterocycles. The van der Waals surface area contributed by atoms with Gasteiger partial charge in [-0.05, 0) is 34.5 Å². The Morgan fingerprint density at radius 2 is 2.31 bits per heavy atom. The van der Waals surface area contributed by atoms with Gasteiger partial charge in [-0.3, -0.25) is 0 Å². The topological polar surface area (TPSA) is 74.7 Å². The third kappa shape index (κ3) is 2.30. The van der Waals surface area contributed by atoms with Crippen molar-refractivity contribution in [1.29, 1.82) is 5.26 Å². The van der Waals surface area contributed by atoms with Gasteiger partial charge in [-0.1, -0.05) is 0 Å². The summed E-state index contributed by atoms with van der Waals surface area (Å²) in [5, 5.41) is 16.0. The first kappa shape index (κ1) is 10.5. The molecule has 3 N–H and O–H groups in total. The van der Waals surface area contributed by atoms with Gasteiger partial charge in [0.05, 0.1) is 5.69 Å². The first-order valence-corrected chi connectivity index (χ1v) is 5.65. The Labute approximate surface area is 97.4 Å². The van der Waals surface area contributed by atoms with E-state index in [2.05, 4.69) is 15.7 Å². The SMILES string of the molecule is N#Cc1nc(NCc2ccsc2)ccc1N. The van der Waals surface area contributed by atoms with Crippen molar-refractivity contribution in [3.8, 4) is 6.07 Å². The van der Waals surface area contributed by atoms with Crippen LogP contribution in [0.4, 0.5) is 11.5 Å². The standard InChI is InChI=1S/C11H10N4S/c12-5-10-9(13)1-2-11(15-10)14-6-8-3-4-16-7-8/h1-4,7H,6,13H2,(H,14,15). The van der Waals surface area contributed by atoms with E-state index < -0.39 is 0 Å². The Morgan fingerprint density at radius 3 is 3.00 bits per heavy atom. The summed E-state index contributed by atoms with van der Waals surface area (Å²) in [7, 11) is 0. The zero-order valence-corrected chi connectivity index (χ0v) is 9.29. The van der Waals surface area contributed by atoms with Gasteiger partial charge in [0.25, 0.3) is 0 Å². The van der Waals surface area contributed by atoms with Gasteiger partial charge in [0.15, 0.2) is 5.69 Å². The summed E-state index contributed by atoms with van der Waals surface area (Å²) in [5.41, 5.74) is 7.44. The molecule has 0 radical (unpaired) electrons. The van der Waals surface area contributed by atoms with Crippen LogP contribution in [0, 0.1) is 11.3 Å². The highest BCUT2D eigenvalue weighted by atomic mass is 32.1. The Balaban J connectivity index is 2.08. The van der Waals surface area contributed by atoms with Gasteiger partial charge in [-0.25, -0.2) is 4.98 Å². The molecule has 0 saturated carbocycles. The zero-order chi connectivity index (χ0) is 11.4. The molecule has 5 heteroatoms. The lowest BCUT2D eigenvalue weighted by atomic mass is 10.3. The normalized spacial score (nSPS) is 9.69. The number of hydrogen-bond acceptors (Lipinski definition) is 5. The Morgan fingerprint density at radius 1 is 1.44 bits per heavy atom. The average Bonchev–Trinajstić information content (AvgIpc) is 2.81. The number of nitriles is 1. The number of nitrogens with two attached hydrogens (primary N) is 1. The molecule has 0 bridgehead atoms. The van der Waals surface area contributed by atoms with E-state index in [0.29, 0.717) is 18.1 Å². The number of thiophene rings is 1. The number of aromatic nitrogens is 1. The van der Waals surface area contributed by atoms with Crippen LogP contribution in [0.25, 0.3) is 0 Å². The molecule has 0 fully saturated rings. The predicted molar refractivity (Wildman–Crippen MR) is 65.0 cm³/mol. The fourth-order valence-corrected chi connectivity index (χ4v) is 1.91. The van der Waals surface area contributed by atoms with Crippen LogP contribution < -0.4 is 11.1 Å². The van der Waals surface area contributed by atoms with Crippen molar-refractivity contribution in [3.63, 3.8) is 0 Å². The van der Waals surface area contributed by atoms with Crippen LogP contribution in [-0.4, -0.2) is 4.98 Å². The minimum absolute atomic E-state index is 0.260. The lowest BCUT2D eigenvalue weighted by molar-refractivity contribution is 1.11. The van der Waals surface area contributed by atoms with E-state index in [0.717, 1.165) is 0 Å². The van der Waals surface area contributed by atoms with Crippen LogP contribution in [0.15, 0.2) is 29.0 Å². The second kappa shape index (κ2) is 4.64. The van der Waals surface area contributed by atoms with Crippen molar-refractivity contribution in [3.05, 3.63) is 40.2 Å². The quantitative estimate of drug-likeness (QED) is 0.847. The third-order valence-corrected chi connectivity index (χ3v) is 2.82. The average molecular weight is 230 g/mol. The molecule has 16 heavy (non-hydrogen) atoms. The number of rotatable bonds is 3.